The van der Waals surface area contributed by atoms with Crippen LogP contribution in [0.25, 0.3) is 0 Å². The van der Waals surface area contributed by atoms with E-state index in [-0.39, 0.29) is 11.8 Å². The first-order valence-corrected chi connectivity index (χ1v) is 4.08. The maximum absolute atomic E-state index is 11.3. The fraction of sp³-hybridized carbons (Fsp3) is 0.875. The van der Waals surface area contributed by atoms with E-state index in [2.05, 4.69) is 0 Å². The summed E-state index contributed by atoms with van der Waals surface area (Å²) in [5.41, 5.74) is 0. The lowest BCUT2D eigenvalue weighted by molar-refractivity contribution is -0.131. The van der Waals surface area contributed by atoms with E-state index >= 15 is 0 Å². The number of rotatable bonds is 2. The zero-order valence-corrected chi connectivity index (χ0v) is 7.08. The molecule has 2 unspecified atom stereocenters. The Balaban J connectivity index is 2.42. The SMILES string of the molecule is CC(O)CN1CCC(C)C1=O. The van der Waals surface area contributed by atoms with Crippen molar-refractivity contribution in [1.29, 1.82) is 0 Å². The highest BCUT2D eigenvalue weighted by atomic mass is 16.3. The number of nitrogens with zero attached hydrogens (tertiary/aromatic N) is 1. The van der Waals surface area contributed by atoms with Gasteiger partial charge in [0.2, 0.25) is 5.91 Å². The third-order valence-corrected chi connectivity index (χ3v) is 2.05. The first-order valence-electron chi connectivity index (χ1n) is 4.08. The number of hydrogen-bond acceptors (Lipinski definition) is 2. The van der Waals surface area contributed by atoms with Crippen molar-refractivity contribution >= 4 is 5.91 Å². The molecule has 3 nitrogen and oxygen atoms in total. The van der Waals surface area contributed by atoms with Gasteiger partial charge in [-0.1, -0.05) is 6.92 Å². The molecule has 0 spiro atoms. The first kappa shape index (κ1) is 8.53. The van der Waals surface area contributed by atoms with Crippen LogP contribution < -0.4 is 0 Å². The van der Waals surface area contributed by atoms with Crippen LogP contribution in [0.2, 0.25) is 0 Å². The molecular formula is C8H15NO2. The molecule has 0 aromatic carbocycles. The van der Waals surface area contributed by atoms with Crippen LogP contribution in [0.3, 0.4) is 0 Å². The molecule has 1 N–H and O–H groups in total. The fourth-order valence-electron chi connectivity index (χ4n) is 1.40. The maximum atomic E-state index is 11.3. The maximum Gasteiger partial charge on any atom is 0.225 e. The smallest absolute Gasteiger partial charge is 0.225 e. The van der Waals surface area contributed by atoms with Crippen molar-refractivity contribution in [3.05, 3.63) is 0 Å². The highest BCUT2D eigenvalue weighted by molar-refractivity contribution is 5.80. The summed E-state index contributed by atoms with van der Waals surface area (Å²) < 4.78 is 0. The number of hydrogen-bond donors (Lipinski definition) is 1. The van der Waals surface area contributed by atoms with E-state index in [9.17, 15) is 4.79 Å². The summed E-state index contributed by atoms with van der Waals surface area (Å²) in [5.74, 6) is 0.347. The molecule has 0 bridgehead atoms. The van der Waals surface area contributed by atoms with Crippen molar-refractivity contribution in [2.45, 2.75) is 26.4 Å². The molecule has 1 rings (SSSR count). The van der Waals surface area contributed by atoms with Gasteiger partial charge in [-0.25, -0.2) is 0 Å². The zero-order chi connectivity index (χ0) is 8.43. The summed E-state index contributed by atoms with van der Waals surface area (Å²) in [7, 11) is 0. The summed E-state index contributed by atoms with van der Waals surface area (Å²) in [5, 5.41) is 9.02. The summed E-state index contributed by atoms with van der Waals surface area (Å²) in [6.45, 7) is 4.94. The summed E-state index contributed by atoms with van der Waals surface area (Å²) in [4.78, 5) is 13.0. The largest absolute Gasteiger partial charge is 0.392 e. The van der Waals surface area contributed by atoms with Crippen LogP contribution in [0, 0.1) is 5.92 Å². The second-order valence-corrected chi connectivity index (χ2v) is 3.32. The monoisotopic (exact) mass is 157 g/mol. The molecule has 1 aliphatic rings. The Kier molecular flexibility index (Phi) is 2.49. The lowest BCUT2D eigenvalue weighted by Gasteiger charge is -2.17. The molecule has 0 aromatic heterocycles. The molecular weight excluding hydrogens is 142 g/mol. The molecule has 1 fully saturated rings. The zero-order valence-electron chi connectivity index (χ0n) is 7.08. The molecule has 0 radical (unpaired) electrons. The first-order chi connectivity index (χ1) is 5.11. The van der Waals surface area contributed by atoms with Gasteiger partial charge >= 0.3 is 0 Å². The molecule has 64 valence electrons. The van der Waals surface area contributed by atoms with Crippen LogP contribution in [0.1, 0.15) is 20.3 Å². The van der Waals surface area contributed by atoms with Crippen molar-refractivity contribution in [2.75, 3.05) is 13.1 Å². The highest BCUT2D eigenvalue weighted by Gasteiger charge is 2.27. The van der Waals surface area contributed by atoms with Crippen LogP contribution in [-0.2, 0) is 4.79 Å². The number of carbonyl (C=O) groups is 1. The van der Waals surface area contributed by atoms with Crippen LogP contribution in [0.4, 0.5) is 0 Å². The van der Waals surface area contributed by atoms with Crippen LogP contribution in [-0.4, -0.2) is 35.1 Å². The van der Waals surface area contributed by atoms with Gasteiger partial charge in [-0.05, 0) is 13.3 Å². The Morgan fingerprint density at radius 1 is 1.82 bits per heavy atom. The lowest BCUT2D eigenvalue weighted by atomic mass is 10.1. The Morgan fingerprint density at radius 2 is 2.45 bits per heavy atom. The Morgan fingerprint density at radius 3 is 2.82 bits per heavy atom. The number of aliphatic hydroxyl groups is 1. The molecule has 1 amide bonds. The van der Waals surface area contributed by atoms with Crippen molar-refractivity contribution in [3.8, 4) is 0 Å². The molecule has 0 saturated carbocycles. The standard InChI is InChI=1S/C8H15NO2/c1-6-3-4-9(8(6)11)5-7(2)10/h6-7,10H,3-5H2,1-2H3. The molecule has 1 heterocycles. The average molecular weight is 157 g/mol. The van der Waals surface area contributed by atoms with Gasteiger partial charge in [-0.3, -0.25) is 4.79 Å². The third kappa shape index (κ3) is 1.93. The van der Waals surface area contributed by atoms with Gasteiger partial charge in [0.1, 0.15) is 0 Å². The van der Waals surface area contributed by atoms with Crippen molar-refractivity contribution in [2.24, 2.45) is 5.92 Å². The normalized spacial score (nSPS) is 27.7. The molecule has 0 aromatic rings. The molecule has 2 atom stereocenters. The van der Waals surface area contributed by atoms with Crippen molar-refractivity contribution in [1.82, 2.24) is 4.90 Å². The Labute approximate surface area is 67.0 Å². The van der Waals surface area contributed by atoms with E-state index < -0.39 is 6.10 Å². The minimum absolute atomic E-state index is 0.161. The van der Waals surface area contributed by atoms with E-state index in [1.54, 1.807) is 11.8 Å². The Hall–Kier alpha value is -0.570. The summed E-state index contributed by atoms with van der Waals surface area (Å²) in [6, 6.07) is 0. The summed E-state index contributed by atoms with van der Waals surface area (Å²) >= 11 is 0. The predicted octanol–water partition coefficient (Wildman–Crippen LogP) is 0.236. The molecule has 1 aliphatic heterocycles. The summed E-state index contributed by atoms with van der Waals surface area (Å²) in [6.07, 6.45) is 0.537. The highest BCUT2D eigenvalue weighted by Crippen LogP contribution is 2.16. The third-order valence-electron chi connectivity index (χ3n) is 2.05. The second kappa shape index (κ2) is 3.22. The van der Waals surface area contributed by atoms with Gasteiger partial charge in [-0.2, -0.15) is 0 Å². The van der Waals surface area contributed by atoms with Gasteiger partial charge in [0.05, 0.1) is 6.10 Å². The number of aliphatic hydroxyl groups excluding tert-OH is 1. The minimum Gasteiger partial charge on any atom is -0.392 e. The lowest BCUT2D eigenvalue weighted by Crippen LogP contribution is -2.33. The van der Waals surface area contributed by atoms with E-state index in [1.807, 2.05) is 6.92 Å². The number of carbonyl (C=O) groups excluding carboxylic acids is 1. The Bertz CT molecular complexity index is 156. The van der Waals surface area contributed by atoms with E-state index in [0.717, 1.165) is 13.0 Å². The van der Waals surface area contributed by atoms with Crippen molar-refractivity contribution < 1.29 is 9.90 Å². The molecule has 1 saturated heterocycles. The van der Waals surface area contributed by atoms with Gasteiger partial charge in [0, 0.05) is 19.0 Å². The van der Waals surface area contributed by atoms with E-state index in [0.29, 0.717) is 6.54 Å². The topological polar surface area (TPSA) is 40.5 Å². The van der Waals surface area contributed by atoms with Crippen LogP contribution >= 0.6 is 0 Å². The second-order valence-electron chi connectivity index (χ2n) is 3.32. The quantitative estimate of drug-likeness (QED) is 0.623. The van der Waals surface area contributed by atoms with Crippen LogP contribution in [0.15, 0.2) is 0 Å². The van der Waals surface area contributed by atoms with Crippen molar-refractivity contribution in [3.63, 3.8) is 0 Å². The average Bonchev–Trinajstić information content (AvgIpc) is 2.18. The predicted molar refractivity (Wildman–Crippen MR) is 42.0 cm³/mol. The molecule has 3 heteroatoms. The van der Waals surface area contributed by atoms with Gasteiger partial charge in [0.25, 0.3) is 0 Å². The van der Waals surface area contributed by atoms with Gasteiger partial charge in [0.15, 0.2) is 0 Å². The molecule has 0 aliphatic carbocycles. The minimum atomic E-state index is -0.399. The number of likely N-dealkylation sites (tertiary alicyclic amines) is 1. The van der Waals surface area contributed by atoms with Gasteiger partial charge in [-0.15, -0.1) is 0 Å². The van der Waals surface area contributed by atoms with E-state index in [1.165, 1.54) is 0 Å². The van der Waals surface area contributed by atoms with E-state index in [4.69, 9.17) is 5.11 Å². The number of β-amino-alcohol motifs (C(OH)–C–C–N with tert-alkyl or cyclic N) is 1. The molecule has 11 heavy (non-hydrogen) atoms. The van der Waals surface area contributed by atoms with Gasteiger partial charge < -0.3 is 10.0 Å². The fourth-order valence-corrected chi connectivity index (χ4v) is 1.40. The number of amides is 1. The van der Waals surface area contributed by atoms with Crippen LogP contribution in [0.5, 0.6) is 0 Å².